The molecule has 2 aromatic heterocycles. The van der Waals surface area contributed by atoms with Crippen molar-refractivity contribution in [1.82, 2.24) is 9.97 Å². The van der Waals surface area contributed by atoms with Crippen LogP contribution in [0.25, 0.3) is 11.1 Å². The van der Waals surface area contributed by atoms with E-state index in [1.807, 2.05) is 37.3 Å². The van der Waals surface area contributed by atoms with Gasteiger partial charge in [-0.3, -0.25) is 4.79 Å². The van der Waals surface area contributed by atoms with Gasteiger partial charge < -0.3 is 15.1 Å². The van der Waals surface area contributed by atoms with E-state index in [0.29, 0.717) is 30.4 Å². The fourth-order valence-electron chi connectivity index (χ4n) is 3.19. The molecule has 1 aromatic carbocycles. The average Bonchev–Trinajstić information content (AvgIpc) is 3.08. The fraction of sp³-hybridized carbons (Fsp3) is 0.381. The predicted molar refractivity (Wildman–Crippen MR) is 106 cm³/mol. The molecule has 6 nitrogen and oxygen atoms in total. The average molecular weight is 364 g/mol. The topological polar surface area (TPSA) is 80.0 Å². The summed E-state index contributed by atoms with van der Waals surface area (Å²) in [4.78, 5) is 20.9. The molecule has 0 bridgehead atoms. The van der Waals surface area contributed by atoms with Crippen LogP contribution in [-0.4, -0.2) is 21.8 Å². The molecular weight excluding hydrogens is 340 g/mol. The van der Waals surface area contributed by atoms with Gasteiger partial charge in [0, 0.05) is 30.6 Å². The Morgan fingerprint density at radius 1 is 1.19 bits per heavy atom. The quantitative estimate of drug-likeness (QED) is 0.595. The van der Waals surface area contributed by atoms with Gasteiger partial charge in [0.1, 0.15) is 11.3 Å². The number of nitrogens with one attached hydrogen (secondary N) is 2. The molecule has 0 aliphatic heterocycles. The third-order valence-corrected chi connectivity index (χ3v) is 4.89. The standard InChI is InChI=1S/C21H24N4O2/c1-2-4-17(26)13-14-7-9-16(10-8-14)23-21-24-18-11-12-27-19(18)20(25-21)22-15-5-3-6-15/h7-12,15H,2-6,13H2,1H3,(H2,22,23,24,25). The zero-order valence-corrected chi connectivity index (χ0v) is 15.5. The van der Waals surface area contributed by atoms with Crippen LogP contribution in [0.4, 0.5) is 17.5 Å². The van der Waals surface area contributed by atoms with Crippen molar-refractivity contribution in [3.8, 4) is 0 Å². The number of carbonyl (C=O) groups is 1. The maximum atomic E-state index is 11.8. The number of rotatable bonds is 8. The summed E-state index contributed by atoms with van der Waals surface area (Å²) >= 11 is 0. The lowest BCUT2D eigenvalue weighted by molar-refractivity contribution is -0.118. The molecule has 1 aliphatic rings. The van der Waals surface area contributed by atoms with Crippen LogP contribution in [0.5, 0.6) is 0 Å². The van der Waals surface area contributed by atoms with Crippen molar-refractivity contribution in [2.24, 2.45) is 0 Å². The van der Waals surface area contributed by atoms with Crippen molar-refractivity contribution in [3.05, 3.63) is 42.2 Å². The molecule has 27 heavy (non-hydrogen) atoms. The molecule has 0 radical (unpaired) electrons. The van der Waals surface area contributed by atoms with Gasteiger partial charge in [0.15, 0.2) is 11.4 Å². The van der Waals surface area contributed by atoms with Crippen LogP contribution >= 0.6 is 0 Å². The third-order valence-electron chi connectivity index (χ3n) is 4.89. The van der Waals surface area contributed by atoms with Crippen LogP contribution in [-0.2, 0) is 11.2 Å². The van der Waals surface area contributed by atoms with Crippen LogP contribution in [0, 0.1) is 0 Å². The number of ketones is 1. The van der Waals surface area contributed by atoms with Crippen molar-refractivity contribution in [3.63, 3.8) is 0 Å². The monoisotopic (exact) mass is 364 g/mol. The highest BCUT2D eigenvalue weighted by molar-refractivity contribution is 5.85. The zero-order valence-electron chi connectivity index (χ0n) is 15.5. The summed E-state index contributed by atoms with van der Waals surface area (Å²) in [7, 11) is 0. The van der Waals surface area contributed by atoms with E-state index in [1.165, 1.54) is 6.42 Å². The molecule has 0 amide bonds. The molecule has 0 saturated heterocycles. The first kappa shape index (κ1) is 17.5. The van der Waals surface area contributed by atoms with Crippen molar-refractivity contribution in [2.75, 3.05) is 10.6 Å². The number of anilines is 3. The minimum absolute atomic E-state index is 0.277. The van der Waals surface area contributed by atoms with Gasteiger partial charge in [0.05, 0.1) is 6.26 Å². The number of hydrogen-bond donors (Lipinski definition) is 2. The summed E-state index contributed by atoms with van der Waals surface area (Å²) in [5.74, 6) is 1.54. The van der Waals surface area contributed by atoms with E-state index in [4.69, 9.17) is 4.42 Å². The Hall–Kier alpha value is -2.89. The van der Waals surface area contributed by atoms with Gasteiger partial charge in [-0.05, 0) is 43.4 Å². The Bertz CT molecular complexity index is 929. The fourth-order valence-corrected chi connectivity index (χ4v) is 3.19. The van der Waals surface area contributed by atoms with E-state index in [9.17, 15) is 4.79 Å². The van der Waals surface area contributed by atoms with E-state index in [0.717, 1.165) is 41.8 Å². The molecule has 0 atom stereocenters. The third kappa shape index (κ3) is 4.10. The molecule has 2 heterocycles. The molecule has 0 unspecified atom stereocenters. The van der Waals surface area contributed by atoms with Gasteiger partial charge in [-0.2, -0.15) is 4.98 Å². The maximum Gasteiger partial charge on any atom is 0.229 e. The van der Waals surface area contributed by atoms with E-state index in [1.54, 1.807) is 6.26 Å². The number of carbonyl (C=O) groups excluding carboxylic acids is 1. The van der Waals surface area contributed by atoms with Crippen molar-refractivity contribution in [2.45, 2.75) is 51.5 Å². The van der Waals surface area contributed by atoms with Gasteiger partial charge in [-0.15, -0.1) is 0 Å². The van der Waals surface area contributed by atoms with Gasteiger partial charge in [0.2, 0.25) is 5.95 Å². The minimum Gasteiger partial charge on any atom is -0.459 e. The van der Waals surface area contributed by atoms with E-state index >= 15 is 0 Å². The molecule has 1 saturated carbocycles. The second kappa shape index (κ2) is 7.78. The summed E-state index contributed by atoms with van der Waals surface area (Å²) in [5.41, 5.74) is 3.38. The van der Waals surface area contributed by atoms with Crippen LogP contribution < -0.4 is 10.6 Å². The van der Waals surface area contributed by atoms with Gasteiger partial charge >= 0.3 is 0 Å². The SMILES string of the molecule is CCCC(=O)Cc1ccc(Nc2nc(NC3CCC3)c3occc3n2)cc1. The number of hydrogen-bond acceptors (Lipinski definition) is 6. The lowest BCUT2D eigenvalue weighted by Gasteiger charge is -2.26. The second-order valence-corrected chi connectivity index (χ2v) is 7.09. The Morgan fingerprint density at radius 3 is 2.70 bits per heavy atom. The van der Waals surface area contributed by atoms with E-state index in [2.05, 4.69) is 20.6 Å². The second-order valence-electron chi connectivity index (χ2n) is 7.09. The predicted octanol–water partition coefficient (Wildman–Crippen LogP) is 4.84. The molecule has 2 N–H and O–H groups in total. The maximum absolute atomic E-state index is 11.8. The minimum atomic E-state index is 0.277. The van der Waals surface area contributed by atoms with Crippen LogP contribution in [0.1, 0.15) is 44.6 Å². The molecule has 4 rings (SSSR count). The van der Waals surface area contributed by atoms with Crippen LogP contribution in [0.3, 0.4) is 0 Å². The lowest BCUT2D eigenvalue weighted by Crippen LogP contribution is -2.27. The Kier molecular flexibility index (Phi) is 5.05. The van der Waals surface area contributed by atoms with Gasteiger partial charge in [-0.25, -0.2) is 4.98 Å². The Morgan fingerprint density at radius 2 is 2.00 bits per heavy atom. The Labute approximate surface area is 158 Å². The number of fused-ring (bicyclic) bond motifs is 1. The molecule has 140 valence electrons. The van der Waals surface area contributed by atoms with Crippen LogP contribution in [0.2, 0.25) is 0 Å². The summed E-state index contributed by atoms with van der Waals surface area (Å²) < 4.78 is 5.55. The van der Waals surface area contributed by atoms with Gasteiger partial charge in [0.25, 0.3) is 0 Å². The van der Waals surface area contributed by atoms with Crippen molar-refractivity contribution >= 4 is 34.3 Å². The summed E-state index contributed by atoms with van der Waals surface area (Å²) in [6.07, 6.45) is 7.22. The molecule has 6 heteroatoms. The highest BCUT2D eigenvalue weighted by atomic mass is 16.3. The number of aromatic nitrogens is 2. The highest BCUT2D eigenvalue weighted by Crippen LogP contribution is 2.29. The number of nitrogens with zero attached hydrogens (tertiary/aromatic N) is 2. The first-order valence-electron chi connectivity index (χ1n) is 9.60. The number of furan rings is 1. The summed E-state index contributed by atoms with van der Waals surface area (Å²) in [5, 5.41) is 6.71. The first-order chi connectivity index (χ1) is 13.2. The number of benzene rings is 1. The van der Waals surface area contributed by atoms with Crippen LogP contribution in [0.15, 0.2) is 41.0 Å². The van der Waals surface area contributed by atoms with E-state index in [-0.39, 0.29) is 5.78 Å². The van der Waals surface area contributed by atoms with Crippen molar-refractivity contribution < 1.29 is 9.21 Å². The molecular formula is C21H24N4O2. The molecule has 3 aromatic rings. The van der Waals surface area contributed by atoms with Crippen molar-refractivity contribution in [1.29, 1.82) is 0 Å². The smallest absolute Gasteiger partial charge is 0.229 e. The lowest BCUT2D eigenvalue weighted by atomic mass is 9.93. The zero-order chi connectivity index (χ0) is 18.6. The Balaban J connectivity index is 1.50. The molecule has 1 fully saturated rings. The first-order valence-corrected chi connectivity index (χ1v) is 9.60. The molecule has 1 aliphatic carbocycles. The number of Topliss-reactive ketones (excluding diaryl/α,β-unsaturated/α-hetero) is 1. The summed E-state index contributed by atoms with van der Waals surface area (Å²) in [6, 6.07) is 10.2. The molecule has 0 spiro atoms. The van der Waals surface area contributed by atoms with E-state index < -0.39 is 0 Å². The normalized spacial score (nSPS) is 14.1. The summed E-state index contributed by atoms with van der Waals surface area (Å²) in [6.45, 7) is 2.02. The van der Waals surface area contributed by atoms with Gasteiger partial charge in [-0.1, -0.05) is 19.1 Å². The highest BCUT2D eigenvalue weighted by Gasteiger charge is 2.20. The largest absolute Gasteiger partial charge is 0.459 e.